The van der Waals surface area contributed by atoms with Crippen LogP contribution in [-0.2, 0) is 11.3 Å². The van der Waals surface area contributed by atoms with Crippen LogP contribution >= 0.6 is 0 Å². The first-order valence-corrected chi connectivity index (χ1v) is 8.64. The second-order valence-corrected chi connectivity index (χ2v) is 7.02. The van der Waals surface area contributed by atoms with Crippen LogP contribution in [0.3, 0.4) is 0 Å². The van der Waals surface area contributed by atoms with Gasteiger partial charge in [-0.15, -0.1) is 0 Å². The first-order chi connectivity index (χ1) is 11.1. The molecule has 3 unspecified atom stereocenters. The first kappa shape index (κ1) is 16.4. The Hall–Kier alpha value is -1.43. The third-order valence-corrected chi connectivity index (χ3v) is 4.79. The Morgan fingerprint density at radius 1 is 1.39 bits per heavy atom. The number of hydrogen-bond donors (Lipinski definition) is 3. The second-order valence-electron chi connectivity index (χ2n) is 7.02. The zero-order chi connectivity index (χ0) is 16.2. The number of piperidine rings is 1. The monoisotopic (exact) mass is 317 g/mol. The van der Waals surface area contributed by atoms with Crippen LogP contribution in [0, 0.1) is 5.92 Å². The maximum atomic E-state index is 12.1. The zero-order valence-electron chi connectivity index (χ0n) is 13.8. The molecule has 0 aromatic heterocycles. The molecule has 3 atom stereocenters. The van der Waals surface area contributed by atoms with Crippen LogP contribution in [0.5, 0.6) is 0 Å². The average Bonchev–Trinajstić information content (AvgIpc) is 2.96. The molecule has 0 saturated carbocycles. The Morgan fingerprint density at radius 3 is 2.83 bits per heavy atom. The average molecular weight is 317 g/mol. The summed E-state index contributed by atoms with van der Waals surface area (Å²) in [4.78, 5) is 14.6. The molecule has 1 aromatic rings. The molecule has 3 rings (SSSR count). The van der Waals surface area contributed by atoms with Crippen molar-refractivity contribution in [2.75, 3.05) is 25.0 Å². The van der Waals surface area contributed by atoms with Gasteiger partial charge in [-0.25, -0.2) is 0 Å². The van der Waals surface area contributed by atoms with Crippen molar-refractivity contribution >= 4 is 11.6 Å². The van der Waals surface area contributed by atoms with E-state index in [0.29, 0.717) is 13.0 Å². The molecule has 0 bridgehead atoms. The van der Waals surface area contributed by atoms with Crippen LogP contribution in [0.1, 0.15) is 31.7 Å². The SMILES string of the molecule is CC1CCCN(Cc2ccc(NC(=O)C3CC(O)CN3)cc2)C1. The lowest BCUT2D eigenvalue weighted by Crippen LogP contribution is -2.35. The Morgan fingerprint density at radius 2 is 2.17 bits per heavy atom. The summed E-state index contributed by atoms with van der Waals surface area (Å²) < 4.78 is 0. The molecule has 2 heterocycles. The third-order valence-electron chi connectivity index (χ3n) is 4.79. The topological polar surface area (TPSA) is 64.6 Å². The minimum Gasteiger partial charge on any atom is -0.392 e. The van der Waals surface area contributed by atoms with Gasteiger partial charge in [0.2, 0.25) is 5.91 Å². The number of aliphatic hydroxyl groups is 1. The van der Waals surface area contributed by atoms with Gasteiger partial charge >= 0.3 is 0 Å². The van der Waals surface area contributed by atoms with Crippen LogP contribution in [-0.4, -0.2) is 47.7 Å². The Balaban J connectivity index is 1.51. The van der Waals surface area contributed by atoms with E-state index in [-0.39, 0.29) is 11.9 Å². The summed E-state index contributed by atoms with van der Waals surface area (Å²) in [6.07, 6.45) is 2.69. The van der Waals surface area contributed by atoms with Crippen LogP contribution in [0.4, 0.5) is 5.69 Å². The van der Waals surface area contributed by atoms with E-state index < -0.39 is 6.10 Å². The summed E-state index contributed by atoms with van der Waals surface area (Å²) in [5.41, 5.74) is 2.10. The molecule has 1 aromatic carbocycles. The molecule has 0 radical (unpaired) electrons. The van der Waals surface area contributed by atoms with Gasteiger partial charge in [0.15, 0.2) is 0 Å². The number of benzene rings is 1. The Bertz CT molecular complexity index is 532. The molecule has 2 aliphatic rings. The van der Waals surface area contributed by atoms with Crippen molar-refractivity contribution in [2.45, 2.75) is 44.9 Å². The maximum absolute atomic E-state index is 12.1. The fourth-order valence-corrected chi connectivity index (χ4v) is 3.53. The number of aliphatic hydroxyl groups excluding tert-OH is 1. The normalized spacial score (nSPS) is 28.7. The molecule has 2 fully saturated rings. The van der Waals surface area contributed by atoms with Gasteiger partial charge in [-0.05, 0) is 49.4 Å². The van der Waals surface area contributed by atoms with Gasteiger partial charge in [0.25, 0.3) is 0 Å². The van der Waals surface area contributed by atoms with Gasteiger partial charge in [0.05, 0.1) is 12.1 Å². The van der Waals surface area contributed by atoms with E-state index in [4.69, 9.17) is 0 Å². The molecule has 5 heteroatoms. The number of rotatable bonds is 4. The van der Waals surface area contributed by atoms with Crippen molar-refractivity contribution in [1.29, 1.82) is 0 Å². The standard InChI is InChI=1S/C18H27N3O2/c1-13-3-2-8-21(11-13)12-14-4-6-15(7-5-14)20-18(23)17-9-16(22)10-19-17/h4-7,13,16-17,19,22H,2-3,8-12H2,1H3,(H,20,23). The zero-order valence-corrected chi connectivity index (χ0v) is 13.8. The summed E-state index contributed by atoms with van der Waals surface area (Å²) in [6.45, 7) is 6.14. The summed E-state index contributed by atoms with van der Waals surface area (Å²) in [7, 11) is 0. The lowest BCUT2D eigenvalue weighted by molar-refractivity contribution is -0.117. The van der Waals surface area contributed by atoms with Gasteiger partial charge in [-0.2, -0.15) is 0 Å². The van der Waals surface area contributed by atoms with Crippen LogP contribution < -0.4 is 10.6 Å². The highest BCUT2D eigenvalue weighted by molar-refractivity contribution is 5.95. The summed E-state index contributed by atoms with van der Waals surface area (Å²) >= 11 is 0. The molecule has 1 amide bonds. The van der Waals surface area contributed by atoms with Gasteiger partial charge in [-0.1, -0.05) is 19.1 Å². The second kappa shape index (κ2) is 7.43. The van der Waals surface area contributed by atoms with E-state index in [0.717, 1.165) is 18.2 Å². The van der Waals surface area contributed by atoms with Gasteiger partial charge in [0, 0.05) is 25.3 Å². The summed E-state index contributed by atoms with van der Waals surface area (Å²) in [6, 6.07) is 7.81. The number of carbonyl (C=O) groups is 1. The number of nitrogens with zero attached hydrogens (tertiary/aromatic N) is 1. The molecular weight excluding hydrogens is 290 g/mol. The number of nitrogens with one attached hydrogen (secondary N) is 2. The van der Waals surface area contributed by atoms with Crippen molar-refractivity contribution in [3.63, 3.8) is 0 Å². The molecule has 126 valence electrons. The highest BCUT2D eigenvalue weighted by Gasteiger charge is 2.27. The van der Waals surface area contributed by atoms with Crippen LogP contribution in [0.15, 0.2) is 24.3 Å². The lowest BCUT2D eigenvalue weighted by atomic mass is 10.00. The number of carbonyl (C=O) groups excluding carboxylic acids is 1. The molecule has 23 heavy (non-hydrogen) atoms. The number of anilines is 1. The van der Waals surface area contributed by atoms with Crippen molar-refractivity contribution in [3.8, 4) is 0 Å². The Kier molecular flexibility index (Phi) is 5.30. The molecular formula is C18H27N3O2. The van der Waals surface area contributed by atoms with Crippen molar-refractivity contribution in [3.05, 3.63) is 29.8 Å². The minimum absolute atomic E-state index is 0.0702. The molecule has 3 N–H and O–H groups in total. The highest BCUT2D eigenvalue weighted by atomic mass is 16.3. The first-order valence-electron chi connectivity index (χ1n) is 8.64. The number of amides is 1. The largest absolute Gasteiger partial charge is 0.392 e. The van der Waals surface area contributed by atoms with Gasteiger partial charge in [-0.3, -0.25) is 9.69 Å². The molecule has 0 aliphatic carbocycles. The summed E-state index contributed by atoms with van der Waals surface area (Å²) in [5, 5.41) is 15.4. The highest BCUT2D eigenvalue weighted by Crippen LogP contribution is 2.19. The van der Waals surface area contributed by atoms with E-state index in [9.17, 15) is 9.90 Å². The van der Waals surface area contributed by atoms with Gasteiger partial charge < -0.3 is 15.7 Å². The van der Waals surface area contributed by atoms with Crippen LogP contribution in [0.2, 0.25) is 0 Å². The van der Waals surface area contributed by atoms with E-state index in [1.165, 1.54) is 31.5 Å². The molecule has 2 saturated heterocycles. The van der Waals surface area contributed by atoms with E-state index in [2.05, 4.69) is 34.6 Å². The van der Waals surface area contributed by atoms with E-state index >= 15 is 0 Å². The lowest BCUT2D eigenvalue weighted by Gasteiger charge is -2.30. The predicted octanol–water partition coefficient (Wildman–Crippen LogP) is 1.58. The van der Waals surface area contributed by atoms with Crippen molar-refractivity contribution < 1.29 is 9.90 Å². The van der Waals surface area contributed by atoms with Gasteiger partial charge in [0.1, 0.15) is 0 Å². The fourth-order valence-electron chi connectivity index (χ4n) is 3.53. The minimum atomic E-state index is -0.417. The predicted molar refractivity (Wildman–Crippen MR) is 91.2 cm³/mol. The fraction of sp³-hybridized carbons (Fsp3) is 0.611. The number of likely N-dealkylation sites (tertiary alicyclic amines) is 1. The Labute approximate surface area is 138 Å². The number of β-amino-alcohol motifs (C(OH)–C–C–N with tert-alkyl or cyclic N) is 1. The van der Waals surface area contributed by atoms with Crippen molar-refractivity contribution in [1.82, 2.24) is 10.2 Å². The number of hydrogen-bond acceptors (Lipinski definition) is 4. The van der Waals surface area contributed by atoms with E-state index in [1.54, 1.807) is 0 Å². The molecule has 0 spiro atoms. The third kappa shape index (κ3) is 4.53. The van der Waals surface area contributed by atoms with Crippen molar-refractivity contribution in [2.24, 2.45) is 5.92 Å². The van der Waals surface area contributed by atoms with Crippen LogP contribution in [0.25, 0.3) is 0 Å². The summed E-state index contributed by atoms with van der Waals surface area (Å²) in [5.74, 6) is 0.718. The van der Waals surface area contributed by atoms with E-state index in [1.807, 2.05) is 12.1 Å². The molecule has 5 nitrogen and oxygen atoms in total. The maximum Gasteiger partial charge on any atom is 0.241 e. The quantitative estimate of drug-likeness (QED) is 0.789. The smallest absolute Gasteiger partial charge is 0.241 e. The molecule has 2 aliphatic heterocycles.